The highest BCUT2D eigenvalue weighted by atomic mass is 16.5. The molecule has 0 heterocycles. The van der Waals surface area contributed by atoms with Gasteiger partial charge in [0.05, 0.1) is 13.0 Å². The van der Waals surface area contributed by atoms with Gasteiger partial charge in [0, 0.05) is 6.54 Å². The van der Waals surface area contributed by atoms with Crippen LogP contribution in [0, 0.1) is 0 Å². The summed E-state index contributed by atoms with van der Waals surface area (Å²) in [4.78, 5) is 13.0. The van der Waals surface area contributed by atoms with Gasteiger partial charge in [-0.25, -0.2) is 0 Å². The molecule has 0 aliphatic rings. The van der Waals surface area contributed by atoms with Gasteiger partial charge in [0.1, 0.15) is 5.75 Å². The SMILES string of the molecule is COc1cccc(C(CN(C)C)C(=O)O)c1. The quantitative estimate of drug-likeness (QED) is 0.820. The van der Waals surface area contributed by atoms with Gasteiger partial charge in [-0.15, -0.1) is 0 Å². The molecule has 0 spiro atoms. The molecule has 1 aromatic carbocycles. The number of ether oxygens (including phenoxy) is 1. The van der Waals surface area contributed by atoms with Gasteiger partial charge < -0.3 is 14.7 Å². The van der Waals surface area contributed by atoms with Crippen LogP contribution in [0.1, 0.15) is 11.5 Å². The van der Waals surface area contributed by atoms with Crippen LogP contribution in [0.2, 0.25) is 0 Å². The maximum atomic E-state index is 11.2. The first kappa shape index (κ1) is 12.5. The number of carboxylic acids is 1. The molecule has 0 saturated heterocycles. The van der Waals surface area contributed by atoms with E-state index in [4.69, 9.17) is 4.74 Å². The van der Waals surface area contributed by atoms with Gasteiger partial charge in [-0.2, -0.15) is 0 Å². The molecule has 88 valence electrons. The molecule has 0 fully saturated rings. The Hall–Kier alpha value is -1.55. The Morgan fingerprint density at radius 2 is 2.19 bits per heavy atom. The lowest BCUT2D eigenvalue weighted by atomic mass is 9.98. The minimum atomic E-state index is -0.818. The molecule has 16 heavy (non-hydrogen) atoms. The molecule has 0 aromatic heterocycles. The van der Waals surface area contributed by atoms with E-state index >= 15 is 0 Å². The highest BCUT2D eigenvalue weighted by Gasteiger charge is 2.20. The monoisotopic (exact) mass is 223 g/mol. The Morgan fingerprint density at radius 1 is 1.50 bits per heavy atom. The smallest absolute Gasteiger partial charge is 0.312 e. The summed E-state index contributed by atoms with van der Waals surface area (Å²) in [5, 5.41) is 9.17. The summed E-state index contributed by atoms with van der Waals surface area (Å²) in [6.07, 6.45) is 0. The van der Waals surface area contributed by atoms with E-state index in [0.717, 1.165) is 5.56 Å². The zero-order valence-corrected chi connectivity index (χ0v) is 9.80. The lowest BCUT2D eigenvalue weighted by Gasteiger charge is -2.18. The number of likely N-dealkylation sites (N-methyl/N-ethyl adjacent to an activating group) is 1. The Kier molecular flexibility index (Phi) is 4.31. The summed E-state index contributed by atoms with van der Waals surface area (Å²) in [6.45, 7) is 0.475. The summed E-state index contributed by atoms with van der Waals surface area (Å²) in [5.74, 6) is -0.658. The summed E-state index contributed by atoms with van der Waals surface area (Å²) in [5.41, 5.74) is 0.764. The third-order valence-electron chi connectivity index (χ3n) is 2.34. The average molecular weight is 223 g/mol. The molecule has 0 amide bonds. The van der Waals surface area contributed by atoms with Crippen LogP contribution in [0.4, 0.5) is 0 Å². The van der Waals surface area contributed by atoms with E-state index in [9.17, 15) is 9.90 Å². The summed E-state index contributed by atoms with van der Waals surface area (Å²) < 4.78 is 5.08. The number of carbonyl (C=O) groups is 1. The predicted octanol–water partition coefficient (Wildman–Crippen LogP) is 1.42. The minimum Gasteiger partial charge on any atom is -0.497 e. The lowest BCUT2D eigenvalue weighted by molar-refractivity contribution is -0.139. The Bertz CT molecular complexity index is 363. The van der Waals surface area contributed by atoms with Crippen LogP contribution in [-0.4, -0.2) is 43.7 Å². The van der Waals surface area contributed by atoms with Crippen molar-refractivity contribution in [3.63, 3.8) is 0 Å². The zero-order chi connectivity index (χ0) is 12.1. The molecule has 0 aliphatic carbocycles. The number of hydrogen-bond acceptors (Lipinski definition) is 3. The highest BCUT2D eigenvalue weighted by Crippen LogP contribution is 2.21. The van der Waals surface area contributed by atoms with E-state index in [1.165, 1.54) is 0 Å². The van der Waals surface area contributed by atoms with E-state index in [1.54, 1.807) is 25.3 Å². The first-order valence-electron chi connectivity index (χ1n) is 5.06. The Morgan fingerprint density at radius 3 is 2.69 bits per heavy atom. The summed E-state index contributed by atoms with van der Waals surface area (Å²) >= 11 is 0. The topological polar surface area (TPSA) is 49.8 Å². The van der Waals surface area contributed by atoms with Gasteiger partial charge in [0.15, 0.2) is 0 Å². The number of benzene rings is 1. The second-order valence-corrected chi connectivity index (χ2v) is 3.93. The average Bonchev–Trinajstić information content (AvgIpc) is 2.25. The molecule has 0 aliphatic heterocycles. The van der Waals surface area contributed by atoms with Crippen LogP contribution in [0.3, 0.4) is 0 Å². The molecular formula is C12H17NO3. The van der Waals surface area contributed by atoms with Gasteiger partial charge in [-0.3, -0.25) is 4.79 Å². The summed E-state index contributed by atoms with van der Waals surface area (Å²) in [6, 6.07) is 7.19. The van der Waals surface area contributed by atoms with Crippen molar-refractivity contribution >= 4 is 5.97 Å². The molecule has 0 radical (unpaired) electrons. The molecule has 0 bridgehead atoms. The molecule has 4 heteroatoms. The van der Waals surface area contributed by atoms with E-state index in [2.05, 4.69) is 0 Å². The maximum absolute atomic E-state index is 11.2. The van der Waals surface area contributed by atoms with E-state index in [0.29, 0.717) is 12.3 Å². The first-order chi connectivity index (χ1) is 7.54. The predicted molar refractivity (Wildman–Crippen MR) is 61.9 cm³/mol. The fraction of sp³-hybridized carbons (Fsp3) is 0.417. The molecule has 1 N–H and O–H groups in total. The van der Waals surface area contributed by atoms with Gasteiger partial charge in [-0.05, 0) is 31.8 Å². The van der Waals surface area contributed by atoms with Crippen molar-refractivity contribution < 1.29 is 14.6 Å². The van der Waals surface area contributed by atoms with Crippen LogP contribution in [-0.2, 0) is 4.79 Å². The van der Waals surface area contributed by atoms with Crippen LogP contribution >= 0.6 is 0 Å². The highest BCUT2D eigenvalue weighted by molar-refractivity contribution is 5.76. The third-order valence-corrected chi connectivity index (χ3v) is 2.34. The van der Waals surface area contributed by atoms with Gasteiger partial charge in [0.2, 0.25) is 0 Å². The fourth-order valence-electron chi connectivity index (χ4n) is 1.55. The molecule has 0 saturated carbocycles. The van der Waals surface area contributed by atoms with E-state index < -0.39 is 11.9 Å². The third kappa shape index (κ3) is 3.24. The molecule has 1 atom stereocenters. The van der Waals surface area contributed by atoms with Crippen molar-refractivity contribution in [3.05, 3.63) is 29.8 Å². The maximum Gasteiger partial charge on any atom is 0.312 e. The molecule has 1 unspecified atom stereocenters. The second kappa shape index (κ2) is 5.51. The number of rotatable bonds is 5. The number of hydrogen-bond donors (Lipinski definition) is 1. The van der Waals surface area contributed by atoms with Crippen LogP contribution < -0.4 is 4.74 Å². The van der Waals surface area contributed by atoms with Crippen molar-refractivity contribution in [1.82, 2.24) is 4.90 Å². The second-order valence-electron chi connectivity index (χ2n) is 3.93. The number of carboxylic acid groups (broad SMARTS) is 1. The number of nitrogens with zero attached hydrogens (tertiary/aromatic N) is 1. The molecule has 1 rings (SSSR count). The van der Waals surface area contributed by atoms with Crippen molar-refractivity contribution in [2.45, 2.75) is 5.92 Å². The van der Waals surface area contributed by atoms with E-state index in [-0.39, 0.29) is 0 Å². The molecule has 1 aromatic rings. The van der Waals surface area contributed by atoms with Crippen molar-refractivity contribution in [2.75, 3.05) is 27.7 Å². The Labute approximate surface area is 95.5 Å². The van der Waals surface area contributed by atoms with Crippen molar-refractivity contribution in [1.29, 1.82) is 0 Å². The minimum absolute atomic E-state index is 0.475. The van der Waals surface area contributed by atoms with Gasteiger partial charge in [-0.1, -0.05) is 12.1 Å². The fourth-order valence-corrected chi connectivity index (χ4v) is 1.55. The van der Waals surface area contributed by atoms with Gasteiger partial charge in [0.25, 0.3) is 0 Å². The van der Waals surface area contributed by atoms with Crippen LogP contribution in [0.25, 0.3) is 0 Å². The standard InChI is InChI=1S/C12H17NO3/c1-13(2)8-11(12(14)15)9-5-4-6-10(7-9)16-3/h4-7,11H,8H2,1-3H3,(H,14,15). The largest absolute Gasteiger partial charge is 0.497 e. The molecule has 4 nitrogen and oxygen atoms in total. The van der Waals surface area contributed by atoms with Crippen LogP contribution in [0.15, 0.2) is 24.3 Å². The van der Waals surface area contributed by atoms with Crippen molar-refractivity contribution in [2.24, 2.45) is 0 Å². The van der Waals surface area contributed by atoms with Crippen molar-refractivity contribution in [3.8, 4) is 5.75 Å². The molecular weight excluding hydrogens is 206 g/mol. The number of aliphatic carboxylic acids is 1. The first-order valence-corrected chi connectivity index (χ1v) is 5.06. The lowest BCUT2D eigenvalue weighted by Crippen LogP contribution is -2.26. The summed E-state index contributed by atoms with van der Waals surface area (Å²) in [7, 11) is 5.28. The normalized spacial score (nSPS) is 12.5. The van der Waals surface area contributed by atoms with Gasteiger partial charge >= 0.3 is 5.97 Å². The number of methoxy groups -OCH3 is 1. The van der Waals surface area contributed by atoms with E-state index in [1.807, 2.05) is 25.1 Å². The zero-order valence-electron chi connectivity index (χ0n) is 9.80. The van der Waals surface area contributed by atoms with Crippen LogP contribution in [0.5, 0.6) is 5.75 Å². The Balaban J connectivity index is 2.96.